The molecule has 9 heteroatoms. The van der Waals surface area contributed by atoms with Crippen LogP contribution in [0.4, 0.5) is 5.82 Å². The highest BCUT2D eigenvalue weighted by atomic mass is 16.8. The number of fused-ring (bicyclic) bond motifs is 2. The van der Waals surface area contributed by atoms with Crippen molar-refractivity contribution in [3.63, 3.8) is 0 Å². The predicted octanol–water partition coefficient (Wildman–Crippen LogP) is 0.472. The summed E-state index contributed by atoms with van der Waals surface area (Å²) in [5.74, 6) is -0.339. The van der Waals surface area contributed by atoms with E-state index in [0.717, 1.165) is 0 Å². The van der Waals surface area contributed by atoms with Crippen molar-refractivity contribution in [2.24, 2.45) is 0 Å². The second-order valence-electron chi connectivity index (χ2n) is 6.17. The summed E-state index contributed by atoms with van der Waals surface area (Å²) < 4.78 is 25.2. The molecule has 2 aromatic heterocycles. The summed E-state index contributed by atoms with van der Waals surface area (Å²) in [5.41, 5.74) is 7.00. The van der Waals surface area contributed by atoms with Crippen LogP contribution in [0, 0.1) is 0 Å². The molecule has 0 unspecified atom stereocenters. The molecular formula is C14H19N5O4. The Morgan fingerprint density at radius 1 is 1.26 bits per heavy atom. The molecule has 0 spiro atoms. The summed E-state index contributed by atoms with van der Waals surface area (Å²) in [5, 5.41) is 0. The molecule has 9 nitrogen and oxygen atoms in total. The first-order chi connectivity index (χ1) is 11.0. The van der Waals surface area contributed by atoms with Crippen molar-refractivity contribution >= 4 is 17.0 Å². The van der Waals surface area contributed by atoms with E-state index in [-0.39, 0.29) is 18.3 Å². The van der Waals surface area contributed by atoms with Gasteiger partial charge in [-0.2, -0.15) is 0 Å². The minimum atomic E-state index is -0.673. The second kappa shape index (κ2) is 5.10. The van der Waals surface area contributed by atoms with Gasteiger partial charge in [-0.25, -0.2) is 15.0 Å². The Bertz CT molecular complexity index is 733. The Morgan fingerprint density at radius 3 is 2.83 bits per heavy atom. The highest BCUT2D eigenvalue weighted by molar-refractivity contribution is 5.81. The van der Waals surface area contributed by atoms with E-state index >= 15 is 0 Å². The average Bonchev–Trinajstić information content (AvgIpc) is 3.13. The molecular weight excluding hydrogens is 302 g/mol. The fourth-order valence-electron chi connectivity index (χ4n) is 3.24. The highest BCUT2D eigenvalue weighted by Gasteiger charge is 2.56. The number of hydrogen-bond acceptors (Lipinski definition) is 8. The lowest BCUT2D eigenvalue weighted by Crippen LogP contribution is -2.32. The number of rotatable bonds is 3. The first-order valence-electron chi connectivity index (χ1n) is 7.43. The molecule has 2 aliphatic rings. The van der Waals surface area contributed by atoms with E-state index in [2.05, 4.69) is 15.0 Å². The van der Waals surface area contributed by atoms with E-state index in [4.69, 9.17) is 24.7 Å². The van der Waals surface area contributed by atoms with Crippen LogP contribution in [-0.4, -0.2) is 57.3 Å². The van der Waals surface area contributed by atoms with E-state index in [0.29, 0.717) is 23.6 Å². The van der Waals surface area contributed by atoms with Gasteiger partial charge >= 0.3 is 0 Å². The Balaban J connectivity index is 1.74. The third-order valence-electron chi connectivity index (χ3n) is 4.12. The summed E-state index contributed by atoms with van der Waals surface area (Å²) in [7, 11) is 1.63. The summed E-state index contributed by atoms with van der Waals surface area (Å²) >= 11 is 0. The zero-order chi connectivity index (χ0) is 16.2. The molecule has 2 fully saturated rings. The average molecular weight is 321 g/mol. The van der Waals surface area contributed by atoms with Gasteiger partial charge in [-0.05, 0) is 13.8 Å². The van der Waals surface area contributed by atoms with Gasteiger partial charge in [0, 0.05) is 7.11 Å². The number of methoxy groups -OCH3 is 1. The highest BCUT2D eigenvalue weighted by Crippen LogP contribution is 2.43. The first-order valence-corrected chi connectivity index (χ1v) is 7.43. The molecule has 0 radical (unpaired) electrons. The SMILES string of the molecule is COC[C@H]1O[C@@H](n2cnc3c(N)ncnc32)[C@@H]2OC(C)(C)O[C@@H]21. The van der Waals surface area contributed by atoms with Crippen molar-refractivity contribution in [3.05, 3.63) is 12.7 Å². The molecule has 4 rings (SSSR count). The van der Waals surface area contributed by atoms with Gasteiger partial charge in [-0.15, -0.1) is 0 Å². The van der Waals surface area contributed by atoms with Gasteiger partial charge in [-0.3, -0.25) is 4.57 Å². The molecule has 2 aromatic rings. The second-order valence-corrected chi connectivity index (χ2v) is 6.17. The number of nitrogens with two attached hydrogens (primary N) is 1. The van der Waals surface area contributed by atoms with E-state index in [1.807, 2.05) is 18.4 Å². The third kappa shape index (κ3) is 2.27. The number of anilines is 1. The van der Waals surface area contributed by atoms with E-state index in [1.165, 1.54) is 6.33 Å². The number of hydrogen-bond donors (Lipinski definition) is 1. The minimum absolute atomic E-state index is 0.216. The minimum Gasteiger partial charge on any atom is -0.382 e. The molecule has 2 aliphatic heterocycles. The van der Waals surface area contributed by atoms with Crippen LogP contribution in [0.25, 0.3) is 11.2 Å². The Hall–Kier alpha value is -1.81. The van der Waals surface area contributed by atoms with Crippen molar-refractivity contribution in [2.75, 3.05) is 19.5 Å². The molecule has 23 heavy (non-hydrogen) atoms. The van der Waals surface area contributed by atoms with Crippen LogP contribution in [-0.2, 0) is 18.9 Å². The standard InChI is InChI=1S/C14H19N5O4/c1-14(2)22-9-7(4-20-3)21-13(10(9)23-14)19-6-18-8-11(15)16-5-17-12(8)19/h5-7,9-10,13H,4H2,1-3H3,(H2,15,16,17)/t7-,9-,10-,13-/m1/s1. The number of ether oxygens (including phenoxy) is 4. The van der Waals surface area contributed by atoms with Crippen molar-refractivity contribution in [2.45, 2.75) is 44.2 Å². The molecule has 4 atom stereocenters. The van der Waals surface area contributed by atoms with Crippen LogP contribution in [0.5, 0.6) is 0 Å². The zero-order valence-corrected chi connectivity index (χ0v) is 13.2. The molecule has 0 bridgehead atoms. The lowest BCUT2D eigenvalue weighted by Gasteiger charge is -2.24. The predicted molar refractivity (Wildman–Crippen MR) is 79.3 cm³/mol. The maximum Gasteiger partial charge on any atom is 0.167 e. The van der Waals surface area contributed by atoms with Crippen LogP contribution in [0.15, 0.2) is 12.7 Å². The van der Waals surface area contributed by atoms with Crippen molar-refractivity contribution in [1.82, 2.24) is 19.5 Å². The summed E-state index contributed by atoms with van der Waals surface area (Å²) in [4.78, 5) is 12.5. The molecule has 0 saturated carbocycles. The Kier molecular flexibility index (Phi) is 3.27. The van der Waals surface area contributed by atoms with Gasteiger partial charge in [0.25, 0.3) is 0 Å². The fraction of sp³-hybridized carbons (Fsp3) is 0.643. The third-order valence-corrected chi connectivity index (χ3v) is 4.12. The van der Waals surface area contributed by atoms with Gasteiger partial charge in [0.2, 0.25) is 0 Å². The van der Waals surface area contributed by atoms with E-state index in [1.54, 1.807) is 13.4 Å². The Morgan fingerprint density at radius 2 is 2.04 bits per heavy atom. The fourth-order valence-corrected chi connectivity index (χ4v) is 3.24. The van der Waals surface area contributed by atoms with Crippen LogP contribution in [0.2, 0.25) is 0 Å². The first kappa shape index (κ1) is 14.8. The topological polar surface area (TPSA) is 107 Å². The maximum atomic E-state index is 6.10. The molecule has 0 aromatic carbocycles. The number of nitrogen functional groups attached to an aromatic ring is 1. The normalized spacial score (nSPS) is 32.5. The Labute approximate surface area is 132 Å². The summed E-state index contributed by atoms with van der Waals surface area (Å²) in [6.07, 6.45) is 1.91. The number of imidazole rings is 1. The van der Waals surface area contributed by atoms with Crippen molar-refractivity contribution in [1.29, 1.82) is 0 Å². The quantitative estimate of drug-likeness (QED) is 0.869. The summed E-state index contributed by atoms with van der Waals surface area (Å²) in [6.45, 7) is 4.19. The molecule has 2 saturated heterocycles. The van der Waals surface area contributed by atoms with Crippen LogP contribution < -0.4 is 5.73 Å². The van der Waals surface area contributed by atoms with Crippen LogP contribution in [0.1, 0.15) is 20.1 Å². The monoisotopic (exact) mass is 321 g/mol. The summed E-state index contributed by atoms with van der Waals surface area (Å²) in [6, 6.07) is 0. The van der Waals surface area contributed by atoms with Gasteiger partial charge < -0.3 is 24.7 Å². The smallest absolute Gasteiger partial charge is 0.167 e. The maximum absolute atomic E-state index is 6.10. The van der Waals surface area contributed by atoms with Gasteiger partial charge in [0.15, 0.2) is 23.5 Å². The zero-order valence-electron chi connectivity index (χ0n) is 13.2. The van der Waals surface area contributed by atoms with E-state index in [9.17, 15) is 0 Å². The molecule has 124 valence electrons. The van der Waals surface area contributed by atoms with Gasteiger partial charge in [0.1, 0.15) is 30.2 Å². The van der Waals surface area contributed by atoms with Gasteiger partial charge in [-0.1, -0.05) is 0 Å². The van der Waals surface area contributed by atoms with Crippen LogP contribution >= 0.6 is 0 Å². The molecule has 4 heterocycles. The largest absolute Gasteiger partial charge is 0.382 e. The van der Waals surface area contributed by atoms with E-state index < -0.39 is 12.0 Å². The van der Waals surface area contributed by atoms with Crippen LogP contribution in [0.3, 0.4) is 0 Å². The van der Waals surface area contributed by atoms with Gasteiger partial charge in [0.05, 0.1) is 12.9 Å². The van der Waals surface area contributed by atoms with Crippen molar-refractivity contribution in [3.8, 4) is 0 Å². The molecule has 0 aliphatic carbocycles. The number of aromatic nitrogens is 4. The molecule has 0 amide bonds. The number of nitrogens with zero attached hydrogens (tertiary/aromatic N) is 4. The lowest BCUT2D eigenvalue weighted by molar-refractivity contribution is -0.200. The lowest BCUT2D eigenvalue weighted by atomic mass is 10.1. The molecule has 2 N–H and O–H groups in total. The van der Waals surface area contributed by atoms with Crippen molar-refractivity contribution < 1.29 is 18.9 Å².